The first-order chi connectivity index (χ1) is 5.77. The number of aromatic nitrogens is 1. The lowest BCUT2D eigenvalue weighted by Crippen LogP contribution is -2.08. The molecule has 1 aromatic heterocycles. The van der Waals surface area contributed by atoms with Gasteiger partial charge in [0.2, 0.25) is 0 Å². The van der Waals surface area contributed by atoms with Gasteiger partial charge in [-0.05, 0) is 30.2 Å². The van der Waals surface area contributed by atoms with Crippen LogP contribution >= 0.6 is 0 Å². The lowest BCUT2D eigenvalue weighted by Gasteiger charge is -2.08. The Morgan fingerprint density at radius 3 is 3.08 bits per heavy atom. The molecule has 12 heavy (non-hydrogen) atoms. The molecule has 2 heteroatoms. The summed E-state index contributed by atoms with van der Waals surface area (Å²) >= 11 is 0. The molecule has 0 saturated heterocycles. The fourth-order valence-electron chi connectivity index (χ4n) is 1.04. The number of rotatable bonds is 3. The molecule has 0 aliphatic rings. The van der Waals surface area contributed by atoms with Crippen LogP contribution in [0.25, 0.3) is 6.08 Å². The van der Waals surface area contributed by atoms with Gasteiger partial charge in [0.1, 0.15) is 0 Å². The maximum absolute atomic E-state index is 5.86. The highest BCUT2D eigenvalue weighted by atomic mass is 14.7. The SMILES string of the molecule is C=Cc1cc([C@H](N)CC)ccn1. The fourth-order valence-corrected chi connectivity index (χ4v) is 1.04. The second-order valence-electron chi connectivity index (χ2n) is 2.73. The number of nitrogens with zero attached hydrogens (tertiary/aromatic N) is 1. The first-order valence-corrected chi connectivity index (χ1v) is 4.12. The fraction of sp³-hybridized carbons (Fsp3) is 0.300. The first-order valence-electron chi connectivity index (χ1n) is 4.12. The number of hydrogen-bond acceptors (Lipinski definition) is 2. The van der Waals surface area contributed by atoms with Crippen molar-refractivity contribution in [2.45, 2.75) is 19.4 Å². The Hall–Kier alpha value is -1.15. The molecule has 1 heterocycles. The van der Waals surface area contributed by atoms with Gasteiger partial charge in [0.15, 0.2) is 0 Å². The quantitative estimate of drug-likeness (QED) is 0.739. The van der Waals surface area contributed by atoms with Crippen molar-refractivity contribution in [1.29, 1.82) is 0 Å². The van der Waals surface area contributed by atoms with E-state index in [2.05, 4.69) is 18.5 Å². The highest BCUT2D eigenvalue weighted by Crippen LogP contribution is 2.13. The molecule has 0 unspecified atom stereocenters. The predicted molar refractivity (Wildman–Crippen MR) is 51.5 cm³/mol. The molecule has 0 bridgehead atoms. The van der Waals surface area contributed by atoms with E-state index < -0.39 is 0 Å². The summed E-state index contributed by atoms with van der Waals surface area (Å²) in [5.41, 5.74) is 7.87. The Labute approximate surface area is 73.1 Å². The van der Waals surface area contributed by atoms with Crippen LogP contribution in [0.2, 0.25) is 0 Å². The molecule has 0 amide bonds. The van der Waals surface area contributed by atoms with E-state index in [1.165, 1.54) is 0 Å². The van der Waals surface area contributed by atoms with E-state index in [1.54, 1.807) is 12.3 Å². The zero-order chi connectivity index (χ0) is 8.97. The van der Waals surface area contributed by atoms with Crippen molar-refractivity contribution < 1.29 is 0 Å². The summed E-state index contributed by atoms with van der Waals surface area (Å²) in [5, 5.41) is 0. The van der Waals surface area contributed by atoms with Gasteiger partial charge >= 0.3 is 0 Å². The van der Waals surface area contributed by atoms with Crippen LogP contribution in [0, 0.1) is 0 Å². The zero-order valence-corrected chi connectivity index (χ0v) is 7.33. The topological polar surface area (TPSA) is 38.9 Å². The number of nitrogens with two attached hydrogens (primary N) is 1. The summed E-state index contributed by atoms with van der Waals surface area (Å²) < 4.78 is 0. The summed E-state index contributed by atoms with van der Waals surface area (Å²) in [5.74, 6) is 0. The van der Waals surface area contributed by atoms with Crippen LogP contribution in [0.15, 0.2) is 24.9 Å². The Morgan fingerprint density at radius 2 is 2.50 bits per heavy atom. The Balaban J connectivity index is 2.93. The van der Waals surface area contributed by atoms with Crippen molar-refractivity contribution >= 4 is 6.08 Å². The third kappa shape index (κ3) is 1.92. The summed E-state index contributed by atoms with van der Waals surface area (Å²) in [4.78, 5) is 4.10. The minimum absolute atomic E-state index is 0.117. The molecular weight excluding hydrogens is 148 g/mol. The molecule has 1 aromatic rings. The second kappa shape index (κ2) is 4.02. The number of hydrogen-bond donors (Lipinski definition) is 1. The Kier molecular flexibility index (Phi) is 3.00. The van der Waals surface area contributed by atoms with Crippen LogP contribution < -0.4 is 5.73 Å². The van der Waals surface area contributed by atoms with Crippen LogP contribution in [0.4, 0.5) is 0 Å². The second-order valence-corrected chi connectivity index (χ2v) is 2.73. The first kappa shape index (κ1) is 8.94. The molecule has 2 nitrogen and oxygen atoms in total. The van der Waals surface area contributed by atoms with E-state index >= 15 is 0 Å². The highest BCUT2D eigenvalue weighted by Gasteiger charge is 2.02. The van der Waals surface area contributed by atoms with Crippen LogP contribution in [-0.4, -0.2) is 4.98 Å². The summed E-state index contributed by atoms with van der Waals surface area (Å²) in [6, 6.07) is 4.04. The maximum Gasteiger partial charge on any atom is 0.0627 e. The predicted octanol–water partition coefficient (Wildman–Crippen LogP) is 2.13. The molecule has 64 valence electrons. The van der Waals surface area contributed by atoms with E-state index in [4.69, 9.17) is 5.73 Å². The van der Waals surface area contributed by atoms with Gasteiger partial charge in [-0.1, -0.05) is 13.5 Å². The van der Waals surface area contributed by atoms with Gasteiger partial charge in [0.05, 0.1) is 5.69 Å². The smallest absolute Gasteiger partial charge is 0.0627 e. The van der Waals surface area contributed by atoms with Gasteiger partial charge in [-0.15, -0.1) is 0 Å². The molecule has 0 aliphatic heterocycles. The van der Waals surface area contributed by atoms with E-state index in [0.717, 1.165) is 17.7 Å². The van der Waals surface area contributed by atoms with Crippen molar-refractivity contribution in [3.05, 3.63) is 36.2 Å². The van der Waals surface area contributed by atoms with E-state index in [0.29, 0.717) is 0 Å². The van der Waals surface area contributed by atoms with Gasteiger partial charge in [-0.25, -0.2) is 0 Å². The molecule has 0 fully saturated rings. The van der Waals surface area contributed by atoms with Gasteiger partial charge in [-0.2, -0.15) is 0 Å². The standard InChI is InChI=1S/C10H14N2/c1-3-9-7-8(5-6-12-9)10(11)4-2/h3,5-7,10H,1,4,11H2,2H3/t10-/m1/s1. The van der Waals surface area contributed by atoms with Gasteiger partial charge in [0.25, 0.3) is 0 Å². The minimum Gasteiger partial charge on any atom is -0.324 e. The Morgan fingerprint density at radius 1 is 1.75 bits per heavy atom. The van der Waals surface area contributed by atoms with Crippen LogP contribution in [0.5, 0.6) is 0 Å². The highest BCUT2D eigenvalue weighted by molar-refractivity contribution is 5.42. The largest absolute Gasteiger partial charge is 0.324 e. The van der Waals surface area contributed by atoms with E-state index in [1.807, 2.05) is 12.1 Å². The van der Waals surface area contributed by atoms with E-state index in [9.17, 15) is 0 Å². The minimum atomic E-state index is 0.117. The van der Waals surface area contributed by atoms with Crippen LogP contribution in [-0.2, 0) is 0 Å². The molecule has 2 N–H and O–H groups in total. The average molecular weight is 162 g/mol. The third-order valence-corrected chi connectivity index (χ3v) is 1.88. The lowest BCUT2D eigenvalue weighted by atomic mass is 10.1. The average Bonchev–Trinajstić information content (AvgIpc) is 2.17. The third-order valence-electron chi connectivity index (χ3n) is 1.88. The van der Waals surface area contributed by atoms with Crippen molar-refractivity contribution in [3.63, 3.8) is 0 Å². The number of pyridine rings is 1. The monoisotopic (exact) mass is 162 g/mol. The molecular formula is C10H14N2. The molecule has 1 atom stereocenters. The normalized spacial score (nSPS) is 12.5. The zero-order valence-electron chi connectivity index (χ0n) is 7.33. The van der Waals surface area contributed by atoms with E-state index in [-0.39, 0.29) is 6.04 Å². The van der Waals surface area contributed by atoms with Crippen molar-refractivity contribution in [1.82, 2.24) is 4.98 Å². The molecule has 1 rings (SSSR count). The van der Waals surface area contributed by atoms with Gasteiger partial charge in [0, 0.05) is 12.2 Å². The maximum atomic E-state index is 5.86. The van der Waals surface area contributed by atoms with Crippen molar-refractivity contribution in [2.24, 2.45) is 5.73 Å². The van der Waals surface area contributed by atoms with Gasteiger partial charge in [-0.3, -0.25) is 4.98 Å². The molecule has 0 aromatic carbocycles. The Bertz CT molecular complexity index is 268. The van der Waals surface area contributed by atoms with Crippen molar-refractivity contribution in [3.8, 4) is 0 Å². The summed E-state index contributed by atoms with van der Waals surface area (Å²) in [6.45, 7) is 5.72. The summed E-state index contributed by atoms with van der Waals surface area (Å²) in [6.07, 6.45) is 4.44. The van der Waals surface area contributed by atoms with Crippen LogP contribution in [0.1, 0.15) is 30.6 Å². The molecule has 0 aliphatic carbocycles. The summed E-state index contributed by atoms with van der Waals surface area (Å²) in [7, 11) is 0. The molecule has 0 saturated carbocycles. The van der Waals surface area contributed by atoms with Crippen molar-refractivity contribution in [2.75, 3.05) is 0 Å². The molecule has 0 radical (unpaired) electrons. The van der Waals surface area contributed by atoms with Crippen LogP contribution in [0.3, 0.4) is 0 Å². The van der Waals surface area contributed by atoms with Gasteiger partial charge < -0.3 is 5.73 Å². The molecule has 0 spiro atoms. The lowest BCUT2D eigenvalue weighted by molar-refractivity contribution is 0.697.